The van der Waals surface area contributed by atoms with Crippen molar-refractivity contribution in [2.45, 2.75) is 5.92 Å². The maximum atomic E-state index is 13.3. The first-order valence-corrected chi connectivity index (χ1v) is 14.1. The lowest BCUT2D eigenvalue weighted by molar-refractivity contribution is -0.120. The van der Waals surface area contributed by atoms with Crippen LogP contribution in [0, 0.1) is 0 Å². The minimum Gasteiger partial charge on any atom is -0.408 e. The highest BCUT2D eigenvalue weighted by atomic mass is 35.5. The molecule has 42 heavy (non-hydrogen) atoms. The lowest BCUT2D eigenvalue weighted by Crippen LogP contribution is -2.48. The van der Waals surface area contributed by atoms with Gasteiger partial charge in [0, 0.05) is 62.2 Å². The first-order valence-electron chi connectivity index (χ1n) is 13.7. The van der Waals surface area contributed by atoms with E-state index >= 15 is 0 Å². The van der Waals surface area contributed by atoms with Crippen molar-refractivity contribution in [2.75, 3.05) is 57.0 Å². The number of rotatable bonds is 6. The maximum absolute atomic E-state index is 13.3. The molecule has 1 N–H and O–H groups in total. The van der Waals surface area contributed by atoms with Gasteiger partial charge in [0.15, 0.2) is 5.58 Å². The van der Waals surface area contributed by atoms with Gasteiger partial charge >= 0.3 is 5.76 Å². The zero-order valence-corrected chi connectivity index (χ0v) is 24.4. The molecule has 216 valence electrons. The standard InChI is InChI=1S/C31H31ClN6O4/c1-35-12-14-38(15-13-35)18-27(39)36(2)22-8-6-21(7-9-22)33-29(19-4-11-25-26(16-19)42-31(41)37(25)3)28-23-10-5-20(32)17-24(23)34-30(28)40/h4-11,16-17,28H,12-15,18H2,1-3H3,(H,34,40). The summed E-state index contributed by atoms with van der Waals surface area (Å²) in [6.45, 7) is 4.01. The average Bonchev–Trinajstić information content (AvgIpc) is 3.45. The van der Waals surface area contributed by atoms with Crippen LogP contribution in [0.2, 0.25) is 5.02 Å². The Labute approximate surface area is 247 Å². The largest absolute Gasteiger partial charge is 0.419 e. The summed E-state index contributed by atoms with van der Waals surface area (Å²) in [5.41, 5.74) is 4.92. The molecule has 10 nitrogen and oxygen atoms in total. The molecule has 1 aromatic heterocycles. The number of hydrogen-bond acceptors (Lipinski definition) is 7. The van der Waals surface area contributed by atoms with Gasteiger partial charge in [-0.05, 0) is 61.1 Å². The predicted octanol–water partition coefficient (Wildman–Crippen LogP) is 3.85. The van der Waals surface area contributed by atoms with Crippen molar-refractivity contribution in [1.29, 1.82) is 0 Å². The van der Waals surface area contributed by atoms with E-state index in [9.17, 15) is 14.4 Å². The molecule has 0 spiro atoms. The third-order valence-electron chi connectivity index (χ3n) is 8.02. The zero-order chi connectivity index (χ0) is 29.5. The van der Waals surface area contributed by atoms with Gasteiger partial charge in [0.05, 0.1) is 23.5 Å². The molecule has 1 saturated heterocycles. The Bertz CT molecular complexity index is 1770. The van der Waals surface area contributed by atoms with Crippen LogP contribution < -0.4 is 16.0 Å². The number of amides is 2. The Morgan fingerprint density at radius 3 is 2.50 bits per heavy atom. The fourth-order valence-electron chi connectivity index (χ4n) is 5.43. The van der Waals surface area contributed by atoms with Crippen molar-refractivity contribution in [1.82, 2.24) is 14.4 Å². The Hall–Kier alpha value is -4.25. The highest BCUT2D eigenvalue weighted by Crippen LogP contribution is 2.38. The van der Waals surface area contributed by atoms with Gasteiger partial charge in [-0.2, -0.15) is 0 Å². The van der Waals surface area contributed by atoms with E-state index in [1.807, 2.05) is 36.4 Å². The lowest BCUT2D eigenvalue weighted by Gasteiger charge is -2.32. The summed E-state index contributed by atoms with van der Waals surface area (Å²) in [6.07, 6.45) is 0. The number of aryl methyl sites for hydroxylation is 1. The van der Waals surface area contributed by atoms with Gasteiger partial charge in [-0.1, -0.05) is 23.7 Å². The number of fused-ring (bicyclic) bond motifs is 2. The molecule has 4 aromatic rings. The molecule has 3 aromatic carbocycles. The van der Waals surface area contributed by atoms with E-state index in [-0.39, 0.29) is 11.8 Å². The van der Waals surface area contributed by atoms with Crippen LogP contribution in [0.3, 0.4) is 0 Å². The molecule has 0 radical (unpaired) electrons. The van der Waals surface area contributed by atoms with Crippen LogP contribution in [0.15, 0.2) is 74.9 Å². The first-order chi connectivity index (χ1) is 20.2. The Balaban J connectivity index is 1.33. The average molecular weight is 587 g/mol. The van der Waals surface area contributed by atoms with Crippen LogP contribution in [0.1, 0.15) is 17.0 Å². The summed E-state index contributed by atoms with van der Waals surface area (Å²) in [4.78, 5) is 49.5. The number of nitrogens with one attached hydrogen (secondary N) is 1. The number of piperazine rings is 1. The van der Waals surface area contributed by atoms with E-state index in [4.69, 9.17) is 21.0 Å². The molecule has 11 heteroatoms. The topological polar surface area (TPSA) is 103 Å². The smallest absolute Gasteiger partial charge is 0.408 e. The van der Waals surface area contributed by atoms with Gasteiger partial charge in [0.2, 0.25) is 11.8 Å². The third kappa shape index (κ3) is 5.36. The lowest BCUT2D eigenvalue weighted by atomic mass is 9.90. The van der Waals surface area contributed by atoms with E-state index < -0.39 is 11.7 Å². The Morgan fingerprint density at radius 2 is 1.76 bits per heavy atom. The van der Waals surface area contributed by atoms with E-state index in [2.05, 4.69) is 22.2 Å². The second-order valence-corrected chi connectivity index (χ2v) is 11.2. The number of anilines is 2. The molecule has 1 fully saturated rings. The number of aliphatic imine (C=N–C) groups is 1. The maximum Gasteiger partial charge on any atom is 0.419 e. The number of carbonyl (C=O) groups excluding carboxylic acids is 2. The number of halogens is 1. The first kappa shape index (κ1) is 27.9. The number of carbonyl (C=O) groups is 2. The molecule has 2 amide bonds. The van der Waals surface area contributed by atoms with Crippen molar-refractivity contribution in [3.63, 3.8) is 0 Å². The minimum atomic E-state index is -0.710. The minimum absolute atomic E-state index is 0.0204. The summed E-state index contributed by atoms with van der Waals surface area (Å²) in [5.74, 6) is -1.39. The predicted molar refractivity (Wildman–Crippen MR) is 164 cm³/mol. The fourth-order valence-corrected chi connectivity index (χ4v) is 5.60. The van der Waals surface area contributed by atoms with E-state index in [0.29, 0.717) is 45.3 Å². The summed E-state index contributed by atoms with van der Waals surface area (Å²) in [6, 6.07) is 18.0. The van der Waals surface area contributed by atoms with Gasteiger partial charge < -0.3 is 19.5 Å². The Morgan fingerprint density at radius 1 is 1.02 bits per heavy atom. The number of nitrogens with zero attached hydrogens (tertiary/aromatic N) is 5. The van der Waals surface area contributed by atoms with E-state index in [0.717, 1.165) is 37.4 Å². The van der Waals surface area contributed by atoms with Gasteiger partial charge in [0.1, 0.15) is 5.92 Å². The second kappa shape index (κ2) is 11.2. The second-order valence-electron chi connectivity index (χ2n) is 10.8. The number of hydrogen-bond donors (Lipinski definition) is 1. The number of aromatic nitrogens is 1. The molecule has 0 aliphatic carbocycles. The van der Waals surface area contributed by atoms with Crippen molar-refractivity contribution >= 4 is 57.3 Å². The monoisotopic (exact) mass is 586 g/mol. The van der Waals surface area contributed by atoms with Crippen molar-refractivity contribution in [3.8, 4) is 0 Å². The number of oxazole rings is 1. The Kier molecular flexibility index (Phi) is 7.44. The highest BCUT2D eigenvalue weighted by molar-refractivity contribution is 6.31. The van der Waals surface area contributed by atoms with Gasteiger partial charge in [-0.25, -0.2) is 4.79 Å². The van der Waals surface area contributed by atoms with Crippen molar-refractivity contribution in [2.24, 2.45) is 12.0 Å². The summed E-state index contributed by atoms with van der Waals surface area (Å²) in [5, 5.41) is 3.43. The highest BCUT2D eigenvalue weighted by Gasteiger charge is 2.36. The van der Waals surface area contributed by atoms with Crippen LogP contribution >= 0.6 is 11.6 Å². The van der Waals surface area contributed by atoms with Crippen LogP contribution in [0.25, 0.3) is 11.1 Å². The molecule has 1 unspecified atom stereocenters. The molecule has 0 saturated carbocycles. The van der Waals surface area contributed by atoms with E-state index in [1.54, 1.807) is 43.3 Å². The molecule has 1 atom stereocenters. The molecule has 6 rings (SSSR count). The van der Waals surface area contributed by atoms with Crippen molar-refractivity contribution < 1.29 is 14.0 Å². The molecule has 2 aliphatic rings. The van der Waals surface area contributed by atoms with Gasteiger partial charge in [-0.3, -0.25) is 24.0 Å². The SMILES string of the molecule is CN1CCN(CC(=O)N(C)c2ccc(N=C(c3ccc4c(c3)oc(=O)n4C)C3C(=O)Nc4cc(Cl)ccc43)cc2)CC1. The molecular formula is C31H31ClN6O4. The molecule has 3 heterocycles. The number of benzene rings is 3. The van der Waals surface area contributed by atoms with Crippen molar-refractivity contribution in [3.05, 3.63) is 87.4 Å². The van der Waals surface area contributed by atoms with Crippen LogP contribution in [-0.2, 0) is 16.6 Å². The fraction of sp³-hybridized carbons (Fsp3) is 0.290. The van der Waals surface area contributed by atoms with E-state index in [1.165, 1.54) is 4.57 Å². The number of likely N-dealkylation sites (N-methyl/N-ethyl adjacent to an activating group) is 2. The molecular weight excluding hydrogens is 556 g/mol. The third-order valence-corrected chi connectivity index (χ3v) is 8.26. The summed E-state index contributed by atoms with van der Waals surface area (Å²) < 4.78 is 6.86. The quantitative estimate of drug-likeness (QED) is 0.344. The van der Waals surface area contributed by atoms with Gasteiger partial charge in [-0.15, -0.1) is 0 Å². The summed E-state index contributed by atoms with van der Waals surface area (Å²) >= 11 is 6.19. The van der Waals surface area contributed by atoms with Crippen LogP contribution in [-0.4, -0.2) is 78.7 Å². The van der Waals surface area contributed by atoms with Crippen LogP contribution in [0.5, 0.6) is 0 Å². The summed E-state index contributed by atoms with van der Waals surface area (Å²) in [7, 11) is 5.50. The molecule has 0 bridgehead atoms. The van der Waals surface area contributed by atoms with Crippen LogP contribution in [0.4, 0.5) is 17.1 Å². The normalized spacial score (nSPS) is 17.9. The van der Waals surface area contributed by atoms with Gasteiger partial charge in [0.25, 0.3) is 0 Å². The molecule has 2 aliphatic heterocycles. The zero-order valence-electron chi connectivity index (χ0n) is 23.6.